The summed E-state index contributed by atoms with van der Waals surface area (Å²) < 4.78 is 0. The number of para-hydroxylation sites is 1. The zero-order valence-electron chi connectivity index (χ0n) is 15.9. The van der Waals surface area contributed by atoms with Gasteiger partial charge < -0.3 is 20.0 Å². The van der Waals surface area contributed by atoms with Crippen molar-refractivity contribution in [3.8, 4) is 0 Å². The number of guanidine groups is 1. The van der Waals surface area contributed by atoms with Crippen molar-refractivity contribution in [1.82, 2.24) is 15.1 Å². The highest BCUT2D eigenvalue weighted by Gasteiger charge is 2.22. The number of nitrogens with one attached hydrogen (secondary N) is 1. The molecule has 0 aliphatic carbocycles. The van der Waals surface area contributed by atoms with Crippen molar-refractivity contribution >= 4 is 11.6 Å². The maximum absolute atomic E-state index is 4.49. The van der Waals surface area contributed by atoms with Gasteiger partial charge in [0.05, 0.1) is 0 Å². The van der Waals surface area contributed by atoms with E-state index < -0.39 is 0 Å². The number of rotatable bonds is 6. The summed E-state index contributed by atoms with van der Waals surface area (Å²) in [4.78, 5) is 12.0. The number of piperazine rings is 1. The monoisotopic (exact) mass is 343 g/mol. The Bertz CT molecular complexity index is 563. The third-order valence-corrected chi connectivity index (χ3v) is 5.45. The average molecular weight is 344 g/mol. The zero-order valence-corrected chi connectivity index (χ0v) is 15.9. The first-order valence-corrected chi connectivity index (χ1v) is 9.82. The van der Waals surface area contributed by atoms with Crippen LogP contribution in [-0.2, 0) is 6.42 Å². The fourth-order valence-electron chi connectivity index (χ4n) is 3.84. The molecular formula is C20H33N5. The van der Waals surface area contributed by atoms with Crippen molar-refractivity contribution in [2.45, 2.75) is 26.2 Å². The van der Waals surface area contributed by atoms with Gasteiger partial charge in [-0.2, -0.15) is 0 Å². The highest BCUT2D eigenvalue weighted by Crippen LogP contribution is 2.27. The molecule has 1 fully saturated rings. The highest BCUT2D eigenvalue weighted by molar-refractivity contribution is 5.97. The molecule has 0 spiro atoms. The SMILES string of the molecule is CCN1CCN(CCCCNC(=NC)N2CCc3ccccc32)CC1. The minimum absolute atomic E-state index is 1.00. The van der Waals surface area contributed by atoms with E-state index in [1.807, 2.05) is 7.05 Å². The number of nitrogens with zero attached hydrogens (tertiary/aromatic N) is 4. The summed E-state index contributed by atoms with van der Waals surface area (Å²) in [5.41, 5.74) is 2.74. The van der Waals surface area contributed by atoms with Gasteiger partial charge in [-0.05, 0) is 44.0 Å². The molecule has 0 atom stereocenters. The van der Waals surface area contributed by atoms with Gasteiger partial charge in [0.2, 0.25) is 0 Å². The summed E-state index contributed by atoms with van der Waals surface area (Å²) in [7, 11) is 1.89. The van der Waals surface area contributed by atoms with Gasteiger partial charge >= 0.3 is 0 Å². The van der Waals surface area contributed by atoms with Crippen molar-refractivity contribution in [1.29, 1.82) is 0 Å². The molecule has 2 heterocycles. The van der Waals surface area contributed by atoms with Crippen molar-refractivity contribution < 1.29 is 0 Å². The van der Waals surface area contributed by atoms with Crippen molar-refractivity contribution in [2.24, 2.45) is 4.99 Å². The van der Waals surface area contributed by atoms with E-state index in [9.17, 15) is 0 Å². The minimum Gasteiger partial charge on any atom is -0.356 e. The smallest absolute Gasteiger partial charge is 0.198 e. The van der Waals surface area contributed by atoms with Crippen molar-refractivity contribution in [2.75, 3.05) is 64.3 Å². The molecule has 5 nitrogen and oxygen atoms in total. The first-order valence-electron chi connectivity index (χ1n) is 9.82. The highest BCUT2D eigenvalue weighted by atomic mass is 15.3. The number of benzene rings is 1. The van der Waals surface area contributed by atoms with Crippen LogP contribution in [0.2, 0.25) is 0 Å². The molecule has 1 N–H and O–H groups in total. The second kappa shape index (κ2) is 9.20. The first kappa shape index (κ1) is 18.2. The Hall–Kier alpha value is -1.59. The molecule has 138 valence electrons. The van der Waals surface area contributed by atoms with Crippen LogP contribution in [0.3, 0.4) is 0 Å². The van der Waals surface area contributed by atoms with Crippen LogP contribution in [0.25, 0.3) is 0 Å². The van der Waals surface area contributed by atoms with Crippen LogP contribution in [-0.4, -0.2) is 75.2 Å². The Morgan fingerprint density at radius 1 is 1.04 bits per heavy atom. The second-order valence-corrected chi connectivity index (χ2v) is 6.99. The molecule has 3 rings (SSSR count). The number of likely N-dealkylation sites (N-methyl/N-ethyl adjacent to an activating group) is 1. The first-order chi connectivity index (χ1) is 12.3. The van der Waals surface area contributed by atoms with E-state index in [1.165, 1.54) is 63.4 Å². The zero-order chi connectivity index (χ0) is 17.5. The van der Waals surface area contributed by atoms with Crippen LogP contribution in [0, 0.1) is 0 Å². The largest absolute Gasteiger partial charge is 0.356 e. The molecular weight excluding hydrogens is 310 g/mol. The molecule has 0 saturated carbocycles. The van der Waals surface area contributed by atoms with Crippen LogP contribution in [0.5, 0.6) is 0 Å². The summed E-state index contributed by atoms with van der Waals surface area (Å²) in [5, 5.41) is 3.56. The Kier molecular flexibility index (Phi) is 6.70. The molecule has 5 heteroatoms. The predicted octanol–water partition coefficient (Wildman–Crippen LogP) is 2.04. The van der Waals surface area contributed by atoms with E-state index in [2.05, 4.69) is 56.2 Å². The molecule has 2 aliphatic heterocycles. The van der Waals surface area contributed by atoms with Gasteiger partial charge in [0.25, 0.3) is 0 Å². The van der Waals surface area contributed by atoms with Gasteiger partial charge in [0.1, 0.15) is 0 Å². The van der Waals surface area contributed by atoms with Gasteiger partial charge in [0.15, 0.2) is 5.96 Å². The lowest BCUT2D eigenvalue weighted by molar-refractivity contribution is 0.136. The minimum atomic E-state index is 1.00. The van der Waals surface area contributed by atoms with Gasteiger partial charge in [-0.15, -0.1) is 0 Å². The lowest BCUT2D eigenvalue weighted by atomic mass is 10.2. The van der Waals surface area contributed by atoms with Gasteiger partial charge in [-0.1, -0.05) is 25.1 Å². The number of hydrogen-bond donors (Lipinski definition) is 1. The number of anilines is 1. The molecule has 25 heavy (non-hydrogen) atoms. The third kappa shape index (κ3) is 4.73. The fourth-order valence-corrected chi connectivity index (χ4v) is 3.84. The summed E-state index contributed by atoms with van der Waals surface area (Å²) >= 11 is 0. The van der Waals surface area contributed by atoms with Gasteiger partial charge in [-0.25, -0.2) is 0 Å². The Balaban J connectivity index is 1.36. The van der Waals surface area contributed by atoms with E-state index in [0.29, 0.717) is 0 Å². The van der Waals surface area contributed by atoms with E-state index in [4.69, 9.17) is 0 Å². The van der Waals surface area contributed by atoms with E-state index in [0.717, 1.165) is 25.5 Å². The maximum atomic E-state index is 4.49. The van der Waals surface area contributed by atoms with Crippen LogP contribution in [0.4, 0.5) is 5.69 Å². The van der Waals surface area contributed by atoms with Gasteiger partial charge in [0, 0.05) is 52.0 Å². The average Bonchev–Trinajstić information content (AvgIpc) is 3.09. The molecule has 1 aromatic rings. The Morgan fingerprint density at radius 3 is 2.56 bits per heavy atom. The predicted molar refractivity (Wildman–Crippen MR) is 107 cm³/mol. The number of fused-ring (bicyclic) bond motifs is 1. The van der Waals surface area contributed by atoms with E-state index in [1.54, 1.807) is 0 Å². The van der Waals surface area contributed by atoms with Gasteiger partial charge in [-0.3, -0.25) is 4.99 Å². The molecule has 0 bridgehead atoms. The van der Waals surface area contributed by atoms with Crippen LogP contribution >= 0.6 is 0 Å². The topological polar surface area (TPSA) is 34.1 Å². The normalized spacial score (nSPS) is 19.3. The lowest BCUT2D eigenvalue weighted by Gasteiger charge is -2.34. The lowest BCUT2D eigenvalue weighted by Crippen LogP contribution is -2.46. The molecule has 2 aliphatic rings. The Morgan fingerprint density at radius 2 is 1.80 bits per heavy atom. The third-order valence-electron chi connectivity index (χ3n) is 5.45. The quantitative estimate of drug-likeness (QED) is 0.487. The summed E-state index contributed by atoms with van der Waals surface area (Å²) in [6.07, 6.45) is 3.57. The van der Waals surface area contributed by atoms with Crippen LogP contribution in [0.15, 0.2) is 29.3 Å². The number of hydrogen-bond acceptors (Lipinski definition) is 3. The van der Waals surface area contributed by atoms with E-state index in [-0.39, 0.29) is 0 Å². The summed E-state index contributed by atoms with van der Waals surface area (Å²) in [5.74, 6) is 1.02. The Labute approximate surface area is 152 Å². The summed E-state index contributed by atoms with van der Waals surface area (Å²) in [6.45, 7) is 11.6. The molecule has 0 unspecified atom stereocenters. The number of unbranched alkanes of at least 4 members (excludes halogenated alkanes) is 1. The molecule has 1 aromatic carbocycles. The molecule has 1 saturated heterocycles. The molecule has 0 amide bonds. The maximum Gasteiger partial charge on any atom is 0.198 e. The number of aliphatic imine (C=N–C) groups is 1. The molecule has 0 aromatic heterocycles. The molecule has 0 radical (unpaired) electrons. The standard InChI is InChI=1S/C20H33N5/c1-3-23-14-16-24(17-15-23)12-7-6-11-22-20(21-2)25-13-10-18-8-4-5-9-19(18)25/h4-5,8-9H,3,6-7,10-17H2,1-2H3,(H,21,22). The van der Waals surface area contributed by atoms with Crippen LogP contribution in [0.1, 0.15) is 25.3 Å². The fraction of sp³-hybridized carbons (Fsp3) is 0.650. The second-order valence-electron chi connectivity index (χ2n) is 6.99. The van der Waals surface area contributed by atoms with Crippen LogP contribution < -0.4 is 10.2 Å². The van der Waals surface area contributed by atoms with Crippen molar-refractivity contribution in [3.63, 3.8) is 0 Å². The van der Waals surface area contributed by atoms with Crippen molar-refractivity contribution in [3.05, 3.63) is 29.8 Å². The summed E-state index contributed by atoms with van der Waals surface area (Å²) in [6, 6.07) is 8.66. The van der Waals surface area contributed by atoms with E-state index >= 15 is 0 Å².